The molecule has 1 fully saturated rings. The molecule has 0 aliphatic heterocycles. The second-order valence-electron chi connectivity index (χ2n) is 7.83. The van der Waals surface area contributed by atoms with Crippen LogP contribution in [0.5, 0.6) is 17.2 Å². The van der Waals surface area contributed by atoms with Crippen LogP contribution in [-0.2, 0) is 6.54 Å². The first-order chi connectivity index (χ1) is 11.4. The van der Waals surface area contributed by atoms with Gasteiger partial charge in [0.1, 0.15) is 0 Å². The summed E-state index contributed by atoms with van der Waals surface area (Å²) in [5.41, 5.74) is 1.59. The number of hydrogen-bond acceptors (Lipinski definition) is 4. The minimum atomic E-state index is 0.432. The van der Waals surface area contributed by atoms with E-state index in [1.807, 2.05) is 12.1 Å². The summed E-state index contributed by atoms with van der Waals surface area (Å²) in [6.07, 6.45) is 5.14. The van der Waals surface area contributed by atoms with Gasteiger partial charge in [-0.15, -0.1) is 0 Å². The van der Waals surface area contributed by atoms with Gasteiger partial charge in [0.05, 0.1) is 21.3 Å². The molecule has 1 aliphatic rings. The van der Waals surface area contributed by atoms with Gasteiger partial charge in [0, 0.05) is 12.6 Å². The Kier molecular flexibility index (Phi) is 6.39. The number of nitrogens with one attached hydrogen (secondary N) is 1. The van der Waals surface area contributed by atoms with Gasteiger partial charge in [-0.1, -0.05) is 20.8 Å². The van der Waals surface area contributed by atoms with Gasteiger partial charge in [-0.2, -0.15) is 0 Å². The van der Waals surface area contributed by atoms with Gasteiger partial charge < -0.3 is 19.5 Å². The average Bonchev–Trinajstić information content (AvgIpc) is 2.58. The fourth-order valence-electron chi connectivity index (χ4n) is 3.66. The quantitative estimate of drug-likeness (QED) is 0.836. The molecule has 0 heterocycles. The van der Waals surface area contributed by atoms with Crippen LogP contribution in [0, 0.1) is 11.3 Å². The normalized spacial score (nSPS) is 21.4. The first-order valence-corrected chi connectivity index (χ1v) is 8.91. The molecule has 1 saturated carbocycles. The molecule has 1 N–H and O–H groups in total. The van der Waals surface area contributed by atoms with E-state index in [0.717, 1.165) is 18.0 Å². The molecule has 24 heavy (non-hydrogen) atoms. The van der Waals surface area contributed by atoms with Crippen LogP contribution >= 0.6 is 0 Å². The lowest BCUT2D eigenvalue weighted by atomic mass is 9.71. The van der Waals surface area contributed by atoms with E-state index in [1.54, 1.807) is 21.3 Å². The molecule has 4 nitrogen and oxygen atoms in total. The highest BCUT2D eigenvalue weighted by molar-refractivity contribution is 5.53. The maximum atomic E-state index is 5.43. The van der Waals surface area contributed by atoms with E-state index in [2.05, 4.69) is 26.1 Å². The lowest BCUT2D eigenvalue weighted by molar-refractivity contribution is 0.160. The fraction of sp³-hybridized carbons (Fsp3) is 0.700. The predicted molar refractivity (Wildman–Crippen MR) is 98.1 cm³/mol. The van der Waals surface area contributed by atoms with E-state index in [4.69, 9.17) is 14.2 Å². The summed E-state index contributed by atoms with van der Waals surface area (Å²) in [6, 6.07) is 4.65. The molecule has 0 aromatic heterocycles. The molecular formula is C20H33NO3. The Morgan fingerprint density at radius 3 is 1.88 bits per heavy atom. The van der Waals surface area contributed by atoms with Crippen molar-refractivity contribution in [2.45, 2.75) is 59.0 Å². The summed E-state index contributed by atoms with van der Waals surface area (Å²) < 4.78 is 16.2. The second-order valence-corrected chi connectivity index (χ2v) is 7.83. The van der Waals surface area contributed by atoms with Gasteiger partial charge in [-0.3, -0.25) is 0 Å². The topological polar surface area (TPSA) is 39.7 Å². The van der Waals surface area contributed by atoms with Gasteiger partial charge in [0.25, 0.3) is 0 Å². The molecule has 0 amide bonds. The van der Waals surface area contributed by atoms with Crippen LogP contribution in [0.4, 0.5) is 0 Å². The van der Waals surface area contributed by atoms with E-state index in [0.29, 0.717) is 28.7 Å². The van der Waals surface area contributed by atoms with Crippen molar-refractivity contribution in [1.82, 2.24) is 5.32 Å². The van der Waals surface area contributed by atoms with Crippen molar-refractivity contribution in [3.63, 3.8) is 0 Å². The first kappa shape index (κ1) is 18.9. The summed E-state index contributed by atoms with van der Waals surface area (Å²) in [5.74, 6) is 2.92. The van der Waals surface area contributed by atoms with Crippen molar-refractivity contribution in [3.05, 3.63) is 17.7 Å². The molecule has 1 aromatic carbocycles. The monoisotopic (exact) mass is 335 g/mol. The van der Waals surface area contributed by atoms with Crippen LogP contribution in [0.15, 0.2) is 12.1 Å². The van der Waals surface area contributed by atoms with Crippen LogP contribution in [0.25, 0.3) is 0 Å². The average molecular weight is 335 g/mol. The Labute approximate surface area is 146 Å². The molecule has 1 aliphatic carbocycles. The summed E-state index contributed by atoms with van der Waals surface area (Å²) in [4.78, 5) is 0. The molecule has 0 bridgehead atoms. The molecule has 2 rings (SSSR count). The van der Waals surface area contributed by atoms with E-state index in [9.17, 15) is 0 Å². The maximum Gasteiger partial charge on any atom is 0.203 e. The number of rotatable bonds is 6. The molecule has 0 spiro atoms. The number of ether oxygens (including phenoxy) is 3. The predicted octanol–water partition coefficient (Wildman–Crippen LogP) is 4.41. The summed E-state index contributed by atoms with van der Waals surface area (Å²) in [7, 11) is 4.94. The molecule has 0 atom stereocenters. The van der Waals surface area contributed by atoms with E-state index < -0.39 is 0 Å². The van der Waals surface area contributed by atoms with Crippen LogP contribution in [-0.4, -0.2) is 27.4 Å². The Hall–Kier alpha value is -1.42. The standard InChI is InChI=1S/C20H33NO3/c1-20(2,3)15-7-9-16(10-8-15)21-13-14-11-17(22-4)19(24-6)18(12-14)23-5/h11-12,15-16,21H,7-10,13H2,1-6H3. The Balaban J connectivity index is 1.95. The Morgan fingerprint density at radius 1 is 0.917 bits per heavy atom. The molecule has 0 saturated heterocycles. The molecular weight excluding hydrogens is 302 g/mol. The van der Waals surface area contributed by atoms with Crippen molar-refractivity contribution >= 4 is 0 Å². The highest BCUT2D eigenvalue weighted by Gasteiger charge is 2.29. The lowest BCUT2D eigenvalue weighted by Crippen LogP contribution is -2.35. The molecule has 0 unspecified atom stereocenters. The van der Waals surface area contributed by atoms with Gasteiger partial charge in [-0.25, -0.2) is 0 Å². The smallest absolute Gasteiger partial charge is 0.203 e. The highest BCUT2D eigenvalue weighted by Crippen LogP contribution is 2.39. The van der Waals surface area contributed by atoms with Gasteiger partial charge in [0.2, 0.25) is 5.75 Å². The minimum Gasteiger partial charge on any atom is -0.493 e. The SMILES string of the molecule is COc1cc(CNC2CCC(C(C)(C)C)CC2)cc(OC)c1OC. The van der Waals surface area contributed by atoms with Gasteiger partial charge in [0.15, 0.2) is 11.5 Å². The third-order valence-corrected chi connectivity index (χ3v) is 5.27. The van der Waals surface area contributed by atoms with Gasteiger partial charge >= 0.3 is 0 Å². The third-order valence-electron chi connectivity index (χ3n) is 5.27. The van der Waals surface area contributed by atoms with Crippen LogP contribution in [0.2, 0.25) is 0 Å². The molecule has 4 heteroatoms. The molecule has 136 valence electrons. The second kappa shape index (κ2) is 8.11. The Morgan fingerprint density at radius 2 is 1.46 bits per heavy atom. The number of hydrogen-bond donors (Lipinski definition) is 1. The number of benzene rings is 1. The zero-order chi connectivity index (χ0) is 17.7. The van der Waals surface area contributed by atoms with E-state index >= 15 is 0 Å². The largest absolute Gasteiger partial charge is 0.493 e. The van der Waals surface area contributed by atoms with Crippen molar-refractivity contribution in [2.24, 2.45) is 11.3 Å². The Bertz CT molecular complexity index is 503. The summed E-state index contributed by atoms with van der Waals surface area (Å²) >= 11 is 0. The zero-order valence-electron chi connectivity index (χ0n) is 16.1. The molecule has 1 aromatic rings. The number of methoxy groups -OCH3 is 3. The van der Waals surface area contributed by atoms with Crippen molar-refractivity contribution < 1.29 is 14.2 Å². The van der Waals surface area contributed by atoms with E-state index in [-0.39, 0.29) is 0 Å². The van der Waals surface area contributed by atoms with Crippen LogP contribution in [0.1, 0.15) is 52.0 Å². The van der Waals surface area contributed by atoms with E-state index in [1.165, 1.54) is 25.7 Å². The first-order valence-electron chi connectivity index (χ1n) is 8.91. The van der Waals surface area contributed by atoms with Gasteiger partial charge in [-0.05, 0) is 54.7 Å². The lowest BCUT2D eigenvalue weighted by Gasteiger charge is -2.37. The van der Waals surface area contributed by atoms with Crippen molar-refractivity contribution in [2.75, 3.05) is 21.3 Å². The molecule has 0 radical (unpaired) electrons. The van der Waals surface area contributed by atoms with Crippen molar-refractivity contribution in [1.29, 1.82) is 0 Å². The highest BCUT2D eigenvalue weighted by atomic mass is 16.5. The van der Waals surface area contributed by atoms with Crippen LogP contribution < -0.4 is 19.5 Å². The van der Waals surface area contributed by atoms with Crippen LogP contribution in [0.3, 0.4) is 0 Å². The zero-order valence-corrected chi connectivity index (χ0v) is 16.1. The summed E-state index contributed by atoms with van der Waals surface area (Å²) in [6.45, 7) is 7.91. The fourth-order valence-corrected chi connectivity index (χ4v) is 3.66. The van der Waals surface area contributed by atoms with Crippen molar-refractivity contribution in [3.8, 4) is 17.2 Å². The minimum absolute atomic E-state index is 0.432. The maximum absolute atomic E-state index is 5.43. The third kappa shape index (κ3) is 4.56. The summed E-state index contributed by atoms with van der Waals surface area (Å²) in [5, 5.41) is 3.70.